The van der Waals surface area contributed by atoms with Gasteiger partial charge in [0.25, 0.3) is 0 Å². The molecule has 3 aromatic rings. The van der Waals surface area contributed by atoms with Crippen molar-refractivity contribution in [2.45, 2.75) is 63.8 Å². The van der Waals surface area contributed by atoms with Crippen LogP contribution in [0, 0.1) is 11.7 Å². The van der Waals surface area contributed by atoms with Gasteiger partial charge in [0.2, 0.25) is 5.91 Å². The quantitative estimate of drug-likeness (QED) is 0.262. The summed E-state index contributed by atoms with van der Waals surface area (Å²) in [6, 6.07) is 21.8. The molecular formula is C32H39FN2O3. The molecule has 1 amide bonds. The molecule has 0 bridgehead atoms. The number of benzene rings is 3. The molecule has 38 heavy (non-hydrogen) atoms. The zero-order chi connectivity index (χ0) is 26.9. The Morgan fingerprint density at radius 1 is 1.00 bits per heavy atom. The fourth-order valence-corrected chi connectivity index (χ4v) is 5.72. The number of hydrogen-bond donors (Lipinski definition) is 2. The number of carboxylic acids is 1. The predicted molar refractivity (Wildman–Crippen MR) is 150 cm³/mol. The minimum Gasteiger partial charge on any atom is -0.481 e. The number of piperidine rings is 1. The van der Waals surface area contributed by atoms with Crippen LogP contribution in [-0.2, 0) is 9.59 Å². The molecule has 3 aromatic carbocycles. The number of amides is 1. The molecule has 0 saturated carbocycles. The van der Waals surface area contributed by atoms with Gasteiger partial charge in [0.15, 0.2) is 0 Å². The number of likely N-dealkylation sites (tertiary alicyclic amines) is 1. The van der Waals surface area contributed by atoms with Crippen LogP contribution in [0.3, 0.4) is 0 Å². The van der Waals surface area contributed by atoms with Gasteiger partial charge in [0.05, 0.1) is 0 Å². The Morgan fingerprint density at radius 2 is 1.74 bits per heavy atom. The number of unbranched alkanes of at least 4 members (excludes halogenated alkanes) is 3. The summed E-state index contributed by atoms with van der Waals surface area (Å²) in [4.78, 5) is 25.6. The van der Waals surface area contributed by atoms with Gasteiger partial charge in [0, 0.05) is 37.9 Å². The van der Waals surface area contributed by atoms with Crippen molar-refractivity contribution in [3.8, 4) is 0 Å². The fourth-order valence-electron chi connectivity index (χ4n) is 5.72. The largest absolute Gasteiger partial charge is 0.481 e. The molecule has 5 nitrogen and oxygen atoms in total. The number of rotatable bonds is 12. The van der Waals surface area contributed by atoms with E-state index in [0.717, 1.165) is 37.8 Å². The number of hydrogen-bond acceptors (Lipinski definition) is 3. The summed E-state index contributed by atoms with van der Waals surface area (Å²) < 4.78 is 14.2. The highest BCUT2D eigenvalue weighted by molar-refractivity contribution is 5.86. The summed E-state index contributed by atoms with van der Waals surface area (Å²) in [5.41, 5.74) is 2.21. The lowest BCUT2D eigenvalue weighted by Crippen LogP contribution is -2.45. The van der Waals surface area contributed by atoms with Crippen molar-refractivity contribution in [3.63, 3.8) is 0 Å². The molecule has 0 radical (unpaired) electrons. The van der Waals surface area contributed by atoms with E-state index in [2.05, 4.69) is 54.7 Å². The Hall–Kier alpha value is -3.25. The molecule has 1 fully saturated rings. The van der Waals surface area contributed by atoms with Gasteiger partial charge in [-0.05, 0) is 72.7 Å². The van der Waals surface area contributed by atoms with Gasteiger partial charge >= 0.3 is 5.97 Å². The van der Waals surface area contributed by atoms with Crippen LogP contribution >= 0.6 is 0 Å². The van der Waals surface area contributed by atoms with Crippen LogP contribution in [0.25, 0.3) is 10.8 Å². The van der Waals surface area contributed by atoms with E-state index in [4.69, 9.17) is 5.11 Å². The van der Waals surface area contributed by atoms with Crippen LogP contribution in [0.15, 0.2) is 66.7 Å². The lowest BCUT2D eigenvalue weighted by molar-refractivity contribution is -0.137. The second-order valence-electron chi connectivity index (χ2n) is 10.6. The maximum Gasteiger partial charge on any atom is 0.303 e. The topological polar surface area (TPSA) is 69.6 Å². The molecule has 1 saturated heterocycles. The summed E-state index contributed by atoms with van der Waals surface area (Å²) in [7, 11) is 0. The van der Waals surface area contributed by atoms with Crippen molar-refractivity contribution < 1.29 is 19.1 Å². The van der Waals surface area contributed by atoms with E-state index in [9.17, 15) is 14.0 Å². The lowest BCUT2D eigenvalue weighted by atomic mass is 9.80. The Bertz CT molecular complexity index is 1220. The standard InChI is InChI=1S/C32H39FN2O3/c1-23(28-15-9-11-24-10-6-7-14-29(24)28)34-21-26-18-19-35(22-30(26)25-12-8-13-27(33)20-25)31(36)16-4-2-3-5-17-32(37)38/h6-15,20,23,26,30,34H,2-5,16-19,21-22H2,1H3,(H,37,38)/t23-,26?,30?/m1/s1. The summed E-state index contributed by atoms with van der Waals surface area (Å²) >= 11 is 0. The Balaban J connectivity index is 1.38. The minimum absolute atomic E-state index is 0.0613. The summed E-state index contributed by atoms with van der Waals surface area (Å²) in [5, 5.41) is 15.0. The molecule has 4 rings (SSSR count). The maximum absolute atomic E-state index is 14.2. The zero-order valence-electron chi connectivity index (χ0n) is 22.2. The van der Waals surface area contributed by atoms with Gasteiger partial charge in [-0.1, -0.05) is 67.4 Å². The number of carboxylic acid groups (broad SMARTS) is 1. The Labute approximate surface area is 225 Å². The zero-order valence-corrected chi connectivity index (χ0v) is 22.2. The van der Waals surface area contributed by atoms with Crippen LogP contribution in [0.4, 0.5) is 4.39 Å². The van der Waals surface area contributed by atoms with Crippen LogP contribution in [0.2, 0.25) is 0 Å². The lowest BCUT2D eigenvalue weighted by Gasteiger charge is -2.39. The number of carbonyl (C=O) groups excluding carboxylic acids is 1. The average Bonchev–Trinajstić information content (AvgIpc) is 2.93. The van der Waals surface area contributed by atoms with Crippen LogP contribution in [0.5, 0.6) is 0 Å². The minimum atomic E-state index is -0.770. The van der Waals surface area contributed by atoms with Crippen molar-refractivity contribution in [2.75, 3.05) is 19.6 Å². The molecule has 2 N–H and O–H groups in total. The monoisotopic (exact) mass is 518 g/mol. The number of nitrogens with one attached hydrogen (secondary N) is 1. The first kappa shape index (κ1) is 27.8. The number of nitrogens with zero attached hydrogens (tertiary/aromatic N) is 1. The molecule has 1 aliphatic rings. The Morgan fingerprint density at radius 3 is 2.53 bits per heavy atom. The van der Waals surface area contributed by atoms with Gasteiger partial charge in [-0.2, -0.15) is 0 Å². The number of carbonyl (C=O) groups is 2. The molecule has 2 unspecified atom stereocenters. The van der Waals surface area contributed by atoms with Gasteiger partial charge in [-0.3, -0.25) is 9.59 Å². The molecule has 0 spiro atoms. The first-order valence-electron chi connectivity index (χ1n) is 13.9. The summed E-state index contributed by atoms with van der Waals surface area (Å²) in [6.45, 7) is 4.28. The summed E-state index contributed by atoms with van der Waals surface area (Å²) in [6.07, 6.45) is 4.63. The molecular weight excluding hydrogens is 479 g/mol. The van der Waals surface area contributed by atoms with E-state index in [-0.39, 0.29) is 36.0 Å². The molecule has 0 aromatic heterocycles. The molecule has 0 aliphatic carbocycles. The van der Waals surface area contributed by atoms with E-state index in [0.29, 0.717) is 25.9 Å². The van der Waals surface area contributed by atoms with E-state index in [1.54, 1.807) is 12.1 Å². The van der Waals surface area contributed by atoms with Crippen molar-refractivity contribution >= 4 is 22.6 Å². The number of halogens is 1. The van der Waals surface area contributed by atoms with Gasteiger partial charge < -0.3 is 15.3 Å². The smallest absolute Gasteiger partial charge is 0.303 e. The highest BCUT2D eigenvalue weighted by Gasteiger charge is 2.32. The third-order valence-electron chi connectivity index (χ3n) is 7.89. The average molecular weight is 519 g/mol. The second-order valence-corrected chi connectivity index (χ2v) is 10.6. The molecule has 1 aliphatic heterocycles. The van der Waals surface area contributed by atoms with Crippen molar-refractivity contribution in [3.05, 3.63) is 83.7 Å². The van der Waals surface area contributed by atoms with Crippen LogP contribution in [0.1, 0.15) is 75.0 Å². The molecule has 1 heterocycles. The third kappa shape index (κ3) is 7.41. The van der Waals surface area contributed by atoms with E-state index in [1.807, 2.05) is 11.0 Å². The number of aliphatic carboxylic acids is 1. The van der Waals surface area contributed by atoms with Gasteiger partial charge in [-0.15, -0.1) is 0 Å². The molecule has 6 heteroatoms. The predicted octanol–water partition coefficient (Wildman–Crippen LogP) is 6.69. The van der Waals surface area contributed by atoms with E-state index in [1.165, 1.54) is 22.4 Å². The van der Waals surface area contributed by atoms with Crippen molar-refractivity contribution in [1.82, 2.24) is 10.2 Å². The summed E-state index contributed by atoms with van der Waals surface area (Å²) in [5.74, 6) is -0.530. The first-order valence-corrected chi connectivity index (χ1v) is 13.9. The SMILES string of the molecule is C[C@@H](NCC1CCN(C(=O)CCCCCCC(=O)O)CC1c1cccc(F)c1)c1cccc2ccccc12. The normalized spacial score (nSPS) is 18.4. The fraction of sp³-hybridized carbons (Fsp3) is 0.438. The number of fused-ring (bicyclic) bond motifs is 1. The second kappa shape index (κ2) is 13.5. The molecule has 3 atom stereocenters. The van der Waals surface area contributed by atoms with E-state index < -0.39 is 5.97 Å². The van der Waals surface area contributed by atoms with Crippen LogP contribution in [-0.4, -0.2) is 41.5 Å². The molecule has 202 valence electrons. The van der Waals surface area contributed by atoms with E-state index >= 15 is 0 Å². The highest BCUT2D eigenvalue weighted by atomic mass is 19.1. The Kier molecular flexibility index (Phi) is 9.88. The van der Waals surface area contributed by atoms with Crippen molar-refractivity contribution in [1.29, 1.82) is 0 Å². The third-order valence-corrected chi connectivity index (χ3v) is 7.89. The highest BCUT2D eigenvalue weighted by Crippen LogP contribution is 2.34. The first-order chi connectivity index (χ1) is 18.4. The van der Waals surface area contributed by atoms with Crippen molar-refractivity contribution in [2.24, 2.45) is 5.92 Å². The van der Waals surface area contributed by atoms with Gasteiger partial charge in [0.1, 0.15) is 5.82 Å². The maximum atomic E-state index is 14.2. The van der Waals surface area contributed by atoms with Gasteiger partial charge in [-0.25, -0.2) is 4.39 Å². The van der Waals surface area contributed by atoms with Crippen LogP contribution < -0.4 is 5.32 Å².